The molecular formula is C27H44N2O2. The molecule has 0 aromatic heterocycles. The molecule has 1 saturated heterocycles. The Labute approximate surface area is 189 Å². The number of amidine groups is 1. The van der Waals surface area contributed by atoms with Crippen LogP contribution in [0.5, 0.6) is 5.75 Å². The Hall–Kier alpha value is -1.84. The molecule has 1 aliphatic heterocycles. The highest BCUT2D eigenvalue weighted by molar-refractivity contribution is 6.00. The van der Waals surface area contributed by atoms with Crippen molar-refractivity contribution in [2.45, 2.75) is 98.3 Å². The fraction of sp³-hybridized carbons (Fsp3) is 0.704. The van der Waals surface area contributed by atoms with E-state index < -0.39 is 0 Å². The van der Waals surface area contributed by atoms with E-state index in [2.05, 4.69) is 60.3 Å². The van der Waals surface area contributed by atoms with Gasteiger partial charge in [0.1, 0.15) is 5.75 Å². The summed E-state index contributed by atoms with van der Waals surface area (Å²) in [6.45, 7) is 18.7. The average molecular weight is 429 g/mol. The van der Waals surface area contributed by atoms with Gasteiger partial charge in [-0.1, -0.05) is 68.2 Å². The van der Waals surface area contributed by atoms with E-state index >= 15 is 0 Å². The fourth-order valence-electron chi connectivity index (χ4n) is 4.57. The van der Waals surface area contributed by atoms with E-state index in [1.807, 2.05) is 12.1 Å². The van der Waals surface area contributed by atoms with Crippen LogP contribution >= 0.6 is 0 Å². The van der Waals surface area contributed by atoms with Crippen molar-refractivity contribution >= 4 is 11.6 Å². The van der Waals surface area contributed by atoms with Gasteiger partial charge in [-0.2, -0.15) is 0 Å². The van der Waals surface area contributed by atoms with E-state index in [0.717, 1.165) is 43.0 Å². The van der Waals surface area contributed by atoms with E-state index in [1.54, 1.807) is 0 Å². The normalized spacial score (nSPS) is 17.6. The number of benzene rings is 1. The standard InChI is InChI=1S/C27H44N2O2/c1-9-18(10-2)11-13-29-14-12-19(25(29)28)17-23(30)20-15-21(26(3,4)5)24(31)22(16-20)27(6,7)8/h15-16,18-19,28,31H,9-14,17H2,1-8H3. The van der Waals surface area contributed by atoms with Gasteiger partial charge >= 0.3 is 0 Å². The minimum absolute atomic E-state index is 0.000760. The molecule has 4 nitrogen and oxygen atoms in total. The second-order valence-corrected chi connectivity index (χ2v) is 11.4. The molecular weight excluding hydrogens is 384 g/mol. The van der Waals surface area contributed by atoms with Crippen molar-refractivity contribution < 1.29 is 9.90 Å². The van der Waals surface area contributed by atoms with Crippen molar-refractivity contribution in [3.63, 3.8) is 0 Å². The number of rotatable bonds is 8. The molecule has 0 spiro atoms. The van der Waals surface area contributed by atoms with Crippen LogP contribution in [0.2, 0.25) is 0 Å². The van der Waals surface area contributed by atoms with Crippen LogP contribution in [0.3, 0.4) is 0 Å². The summed E-state index contributed by atoms with van der Waals surface area (Å²) in [5.74, 6) is 1.73. The van der Waals surface area contributed by atoms with Crippen LogP contribution in [-0.2, 0) is 10.8 Å². The molecule has 2 N–H and O–H groups in total. The zero-order valence-electron chi connectivity index (χ0n) is 21.1. The highest BCUT2D eigenvalue weighted by Crippen LogP contribution is 2.40. The summed E-state index contributed by atoms with van der Waals surface area (Å²) >= 11 is 0. The summed E-state index contributed by atoms with van der Waals surface area (Å²) in [5.41, 5.74) is 1.78. The Kier molecular flexibility index (Phi) is 7.99. The maximum Gasteiger partial charge on any atom is 0.163 e. The van der Waals surface area contributed by atoms with E-state index in [9.17, 15) is 9.90 Å². The fourth-order valence-corrected chi connectivity index (χ4v) is 4.57. The van der Waals surface area contributed by atoms with Gasteiger partial charge < -0.3 is 10.0 Å². The lowest BCUT2D eigenvalue weighted by molar-refractivity contribution is 0.0971. The van der Waals surface area contributed by atoms with Crippen LogP contribution < -0.4 is 0 Å². The van der Waals surface area contributed by atoms with Crippen LogP contribution in [-0.4, -0.2) is 34.7 Å². The second kappa shape index (κ2) is 9.75. The molecule has 174 valence electrons. The minimum atomic E-state index is -0.258. The molecule has 1 aromatic rings. The molecule has 2 rings (SSSR count). The largest absolute Gasteiger partial charge is 0.507 e. The van der Waals surface area contributed by atoms with Crippen molar-refractivity contribution in [3.05, 3.63) is 28.8 Å². The van der Waals surface area contributed by atoms with Gasteiger partial charge in [0, 0.05) is 42.1 Å². The third-order valence-electron chi connectivity index (χ3n) is 6.92. The molecule has 31 heavy (non-hydrogen) atoms. The second-order valence-electron chi connectivity index (χ2n) is 11.4. The molecule has 1 unspecified atom stereocenters. The molecule has 1 atom stereocenters. The predicted octanol–water partition coefficient (Wildman–Crippen LogP) is 6.69. The first-order chi connectivity index (χ1) is 14.3. The number of phenols is 1. The molecule has 0 radical (unpaired) electrons. The smallest absolute Gasteiger partial charge is 0.163 e. The molecule has 0 aliphatic carbocycles. The van der Waals surface area contributed by atoms with Gasteiger partial charge in [0.15, 0.2) is 5.78 Å². The lowest BCUT2D eigenvalue weighted by Gasteiger charge is -2.28. The van der Waals surface area contributed by atoms with Gasteiger partial charge in [0.25, 0.3) is 0 Å². The number of likely N-dealkylation sites (tertiary alicyclic amines) is 1. The summed E-state index contributed by atoms with van der Waals surface area (Å²) in [5, 5.41) is 19.5. The number of carbonyl (C=O) groups is 1. The Bertz CT molecular complexity index is 759. The summed E-state index contributed by atoms with van der Waals surface area (Å²) in [6, 6.07) is 3.74. The average Bonchev–Trinajstić information content (AvgIpc) is 3.00. The highest BCUT2D eigenvalue weighted by Gasteiger charge is 2.32. The summed E-state index contributed by atoms with van der Waals surface area (Å²) in [6.07, 6.45) is 4.75. The van der Waals surface area contributed by atoms with Crippen molar-refractivity contribution in [1.29, 1.82) is 5.41 Å². The number of nitrogens with one attached hydrogen (secondary N) is 1. The number of hydrogen-bond donors (Lipinski definition) is 2. The molecule has 0 amide bonds. The lowest BCUT2D eigenvalue weighted by Crippen LogP contribution is -2.29. The summed E-state index contributed by atoms with van der Waals surface area (Å²) in [7, 11) is 0. The van der Waals surface area contributed by atoms with Gasteiger partial charge in [0.05, 0.1) is 5.84 Å². The van der Waals surface area contributed by atoms with Gasteiger partial charge in [-0.25, -0.2) is 0 Å². The summed E-state index contributed by atoms with van der Waals surface area (Å²) < 4.78 is 0. The topological polar surface area (TPSA) is 64.4 Å². The number of aromatic hydroxyl groups is 1. The molecule has 1 heterocycles. The van der Waals surface area contributed by atoms with Crippen molar-refractivity contribution in [3.8, 4) is 5.75 Å². The quantitative estimate of drug-likeness (QED) is 0.454. The molecule has 4 heteroatoms. The van der Waals surface area contributed by atoms with Crippen molar-refractivity contribution in [1.82, 2.24) is 4.90 Å². The van der Waals surface area contributed by atoms with Crippen LogP contribution in [0.4, 0.5) is 0 Å². The number of carbonyl (C=O) groups excluding carboxylic acids is 1. The predicted molar refractivity (Wildman–Crippen MR) is 131 cm³/mol. The van der Waals surface area contributed by atoms with E-state index in [4.69, 9.17) is 5.41 Å². The summed E-state index contributed by atoms with van der Waals surface area (Å²) in [4.78, 5) is 15.5. The van der Waals surface area contributed by atoms with Crippen LogP contribution in [0.15, 0.2) is 12.1 Å². The number of phenolic OH excluding ortho intramolecular Hbond substituents is 1. The van der Waals surface area contributed by atoms with Crippen molar-refractivity contribution in [2.75, 3.05) is 13.1 Å². The number of nitrogens with zero attached hydrogens (tertiary/aromatic N) is 1. The third-order valence-corrected chi connectivity index (χ3v) is 6.92. The maximum absolute atomic E-state index is 13.3. The first-order valence-electron chi connectivity index (χ1n) is 12.0. The van der Waals surface area contributed by atoms with Gasteiger partial charge in [-0.3, -0.25) is 10.2 Å². The third kappa shape index (κ3) is 6.11. The van der Waals surface area contributed by atoms with Crippen LogP contribution in [0.25, 0.3) is 0 Å². The van der Waals surface area contributed by atoms with Gasteiger partial charge in [-0.15, -0.1) is 0 Å². The van der Waals surface area contributed by atoms with Gasteiger partial charge in [0.2, 0.25) is 0 Å². The molecule has 1 fully saturated rings. The van der Waals surface area contributed by atoms with E-state index in [1.165, 1.54) is 12.8 Å². The van der Waals surface area contributed by atoms with E-state index in [-0.39, 0.29) is 22.5 Å². The highest BCUT2D eigenvalue weighted by atomic mass is 16.3. The number of hydrogen-bond acceptors (Lipinski definition) is 3. The van der Waals surface area contributed by atoms with E-state index in [0.29, 0.717) is 23.6 Å². The first-order valence-corrected chi connectivity index (χ1v) is 12.0. The van der Waals surface area contributed by atoms with Crippen molar-refractivity contribution in [2.24, 2.45) is 11.8 Å². The van der Waals surface area contributed by atoms with Gasteiger partial charge in [-0.05, 0) is 41.7 Å². The monoisotopic (exact) mass is 428 g/mol. The maximum atomic E-state index is 13.3. The Morgan fingerprint density at radius 3 is 2.06 bits per heavy atom. The van der Waals surface area contributed by atoms with Crippen LogP contribution in [0.1, 0.15) is 109 Å². The molecule has 0 saturated carbocycles. The minimum Gasteiger partial charge on any atom is -0.507 e. The molecule has 0 bridgehead atoms. The SMILES string of the molecule is CCC(CC)CCN1CCC(CC(=O)c2cc(C(C)(C)C)c(O)c(C(C)(C)C)c2)C1=N. The zero-order valence-corrected chi connectivity index (χ0v) is 21.1. The Morgan fingerprint density at radius 2 is 1.61 bits per heavy atom. The zero-order chi connectivity index (χ0) is 23.6. The molecule has 1 aromatic carbocycles. The Balaban J connectivity index is 2.20. The first kappa shape index (κ1) is 25.4. The number of ketones is 1. The number of Topliss-reactive ketones (excluding diaryl/α,β-unsaturated/α-hetero) is 1. The molecule has 1 aliphatic rings. The lowest BCUT2D eigenvalue weighted by atomic mass is 9.77. The van der Waals surface area contributed by atoms with Crippen LogP contribution in [0, 0.1) is 17.2 Å². The Morgan fingerprint density at radius 1 is 1.10 bits per heavy atom.